The number of allylic oxidation sites excluding steroid dienone is 2. The zero-order valence-electron chi connectivity index (χ0n) is 22.5. The SMILES string of the molecule is COCCOc1cnc2c(Oc3ccc(NC(=O)c4c(C)[nH]c(C)c(C5=CCCC5)c4=O)cc3F)ccnc2c1. The van der Waals surface area contributed by atoms with Gasteiger partial charge in [-0.3, -0.25) is 14.6 Å². The summed E-state index contributed by atoms with van der Waals surface area (Å²) in [5, 5.41) is 2.65. The minimum Gasteiger partial charge on any atom is -0.489 e. The molecule has 0 atom stereocenters. The maximum atomic E-state index is 15.1. The summed E-state index contributed by atoms with van der Waals surface area (Å²) < 4.78 is 31.5. The van der Waals surface area contributed by atoms with E-state index in [4.69, 9.17) is 14.2 Å². The van der Waals surface area contributed by atoms with Crippen LogP contribution in [0, 0.1) is 19.7 Å². The maximum Gasteiger partial charge on any atom is 0.261 e. The molecule has 3 aromatic heterocycles. The molecule has 206 valence electrons. The van der Waals surface area contributed by atoms with Gasteiger partial charge in [-0.2, -0.15) is 0 Å². The number of nitrogens with one attached hydrogen (secondary N) is 2. The molecule has 0 spiro atoms. The first-order valence-corrected chi connectivity index (χ1v) is 12.9. The lowest BCUT2D eigenvalue weighted by atomic mass is 9.99. The third-order valence-corrected chi connectivity index (χ3v) is 6.65. The summed E-state index contributed by atoms with van der Waals surface area (Å²) in [6.45, 7) is 4.31. The number of benzene rings is 1. The first-order valence-electron chi connectivity index (χ1n) is 12.9. The molecule has 0 fully saturated rings. The molecule has 1 aromatic carbocycles. The molecule has 5 rings (SSSR count). The quantitative estimate of drug-likeness (QED) is 0.259. The highest BCUT2D eigenvalue weighted by Gasteiger charge is 2.22. The highest BCUT2D eigenvalue weighted by molar-refractivity contribution is 6.05. The van der Waals surface area contributed by atoms with Gasteiger partial charge in [-0.05, 0) is 50.8 Å². The number of carbonyl (C=O) groups is 1. The topological polar surface area (TPSA) is 115 Å². The van der Waals surface area contributed by atoms with Crippen LogP contribution in [0.2, 0.25) is 0 Å². The molecule has 1 aliphatic rings. The number of ether oxygens (including phenoxy) is 3. The Morgan fingerprint density at radius 1 is 1.10 bits per heavy atom. The van der Waals surface area contributed by atoms with Crippen LogP contribution in [0.15, 0.2) is 53.6 Å². The van der Waals surface area contributed by atoms with Crippen LogP contribution < -0.4 is 20.2 Å². The van der Waals surface area contributed by atoms with Crippen LogP contribution in [-0.2, 0) is 4.74 Å². The molecular weight excluding hydrogens is 515 g/mol. The van der Waals surface area contributed by atoms with Crippen molar-refractivity contribution in [3.8, 4) is 17.2 Å². The van der Waals surface area contributed by atoms with E-state index in [-0.39, 0.29) is 22.4 Å². The highest BCUT2D eigenvalue weighted by atomic mass is 19.1. The van der Waals surface area contributed by atoms with E-state index >= 15 is 4.39 Å². The Kier molecular flexibility index (Phi) is 7.88. The third kappa shape index (κ3) is 5.57. The van der Waals surface area contributed by atoms with Gasteiger partial charge in [-0.1, -0.05) is 6.08 Å². The molecule has 4 aromatic rings. The van der Waals surface area contributed by atoms with Crippen LogP contribution in [0.25, 0.3) is 16.6 Å². The van der Waals surface area contributed by atoms with Crippen molar-refractivity contribution in [3.05, 3.63) is 87.4 Å². The molecule has 3 heterocycles. The molecular formula is C30H29FN4O5. The highest BCUT2D eigenvalue weighted by Crippen LogP contribution is 2.32. The Morgan fingerprint density at radius 3 is 2.70 bits per heavy atom. The lowest BCUT2D eigenvalue weighted by Gasteiger charge is -2.14. The predicted molar refractivity (Wildman–Crippen MR) is 150 cm³/mol. The predicted octanol–water partition coefficient (Wildman–Crippen LogP) is 5.71. The number of aromatic nitrogens is 3. The number of nitrogens with zero attached hydrogens (tertiary/aromatic N) is 2. The fraction of sp³-hybridized carbons (Fsp3) is 0.267. The first-order chi connectivity index (χ1) is 19.4. The molecule has 0 saturated carbocycles. The van der Waals surface area contributed by atoms with Gasteiger partial charge >= 0.3 is 0 Å². The number of amides is 1. The minimum atomic E-state index is -0.700. The van der Waals surface area contributed by atoms with E-state index in [1.165, 1.54) is 24.5 Å². The van der Waals surface area contributed by atoms with Crippen molar-refractivity contribution < 1.29 is 23.4 Å². The van der Waals surface area contributed by atoms with E-state index in [1.54, 1.807) is 26.2 Å². The number of methoxy groups -OCH3 is 1. The Hall–Kier alpha value is -4.57. The van der Waals surface area contributed by atoms with Crippen molar-refractivity contribution >= 4 is 28.2 Å². The summed E-state index contributed by atoms with van der Waals surface area (Å²) in [6, 6.07) is 7.35. The largest absolute Gasteiger partial charge is 0.489 e. The zero-order chi connectivity index (χ0) is 28.2. The lowest BCUT2D eigenvalue weighted by molar-refractivity contribution is 0.102. The van der Waals surface area contributed by atoms with E-state index in [1.807, 2.05) is 13.0 Å². The number of aromatic amines is 1. The van der Waals surface area contributed by atoms with Gasteiger partial charge in [0.1, 0.15) is 23.4 Å². The van der Waals surface area contributed by atoms with Crippen molar-refractivity contribution in [3.63, 3.8) is 0 Å². The van der Waals surface area contributed by atoms with Crippen molar-refractivity contribution in [2.45, 2.75) is 33.1 Å². The molecule has 2 N–H and O–H groups in total. The van der Waals surface area contributed by atoms with Crippen LogP contribution in [0.1, 0.15) is 46.6 Å². The Labute approximate surface area is 230 Å². The second-order valence-corrected chi connectivity index (χ2v) is 9.47. The molecule has 9 nitrogen and oxygen atoms in total. The number of pyridine rings is 3. The molecule has 0 bridgehead atoms. The van der Waals surface area contributed by atoms with Crippen molar-refractivity contribution in [2.75, 3.05) is 25.6 Å². The number of carbonyl (C=O) groups excluding carboxylic acids is 1. The normalized spacial score (nSPS) is 12.8. The number of hydrogen-bond acceptors (Lipinski definition) is 7. The lowest BCUT2D eigenvalue weighted by Crippen LogP contribution is -2.27. The van der Waals surface area contributed by atoms with Gasteiger partial charge in [-0.15, -0.1) is 0 Å². The van der Waals surface area contributed by atoms with Crippen LogP contribution in [0.3, 0.4) is 0 Å². The average Bonchev–Trinajstić information content (AvgIpc) is 3.44. The standard InChI is InChI=1S/C30H29FN4O5/c1-17-26(19-6-4-5-7-19)29(36)27(18(2)34-17)30(37)35-20-8-9-24(22(31)14-20)40-25-10-11-32-23-15-21(16-33-28(23)25)39-13-12-38-3/h6,8-11,14-16H,4-5,7,12-13H2,1-3H3,(H,34,36)(H,35,37). The Bertz CT molecular complexity index is 1680. The van der Waals surface area contributed by atoms with Crippen LogP contribution >= 0.6 is 0 Å². The van der Waals surface area contributed by atoms with Gasteiger partial charge in [0, 0.05) is 54.1 Å². The second-order valence-electron chi connectivity index (χ2n) is 9.47. The number of H-pyrrole nitrogens is 1. The number of anilines is 1. The number of aryl methyl sites for hydroxylation is 2. The minimum absolute atomic E-state index is 0.00836. The first kappa shape index (κ1) is 27.0. The Balaban J connectivity index is 1.35. The summed E-state index contributed by atoms with van der Waals surface area (Å²) in [4.78, 5) is 38.3. The van der Waals surface area contributed by atoms with Gasteiger partial charge in [0.15, 0.2) is 17.3 Å². The molecule has 10 heteroatoms. The van der Waals surface area contributed by atoms with E-state index in [2.05, 4.69) is 20.3 Å². The molecule has 0 unspecified atom stereocenters. The average molecular weight is 545 g/mol. The van der Waals surface area contributed by atoms with Crippen LogP contribution in [0.4, 0.5) is 10.1 Å². The van der Waals surface area contributed by atoms with E-state index in [0.29, 0.717) is 47.0 Å². The van der Waals surface area contributed by atoms with E-state index < -0.39 is 11.7 Å². The number of fused-ring (bicyclic) bond motifs is 1. The molecule has 0 radical (unpaired) electrons. The fourth-order valence-corrected chi connectivity index (χ4v) is 4.79. The van der Waals surface area contributed by atoms with Gasteiger partial charge < -0.3 is 24.5 Å². The summed E-state index contributed by atoms with van der Waals surface area (Å²) in [5.74, 6) is -0.546. The maximum absolute atomic E-state index is 15.1. The van der Waals surface area contributed by atoms with Gasteiger partial charge in [0.25, 0.3) is 5.91 Å². The number of halogens is 1. The van der Waals surface area contributed by atoms with Crippen molar-refractivity contribution in [2.24, 2.45) is 0 Å². The molecule has 1 amide bonds. The Morgan fingerprint density at radius 2 is 1.95 bits per heavy atom. The third-order valence-electron chi connectivity index (χ3n) is 6.65. The van der Waals surface area contributed by atoms with Gasteiger partial charge in [0.2, 0.25) is 5.43 Å². The molecule has 0 saturated heterocycles. The second kappa shape index (κ2) is 11.7. The molecule has 1 aliphatic carbocycles. The van der Waals surface area contributed by atoms with Crippen molar-refractivity contribution in [1.82, 2.24) is 15.0 Å². The van der Waals surface area contributed by atoms with E-state index in [9.17, 15) is 9.59 Å². The van der Waals surface area contributed by atoms with Crippen LogP contribution in [-0.4, -0.2) is 41.2 Å². The zero-order valence-corrected chi connectivity index (χ0v) is 22.5. The number of rotatable bonds is 9. The fourth-order valence-electron chi connectivity index (χ4n) is 4.79. The smallest absolute Gasteiger partial charge is 0.261 e. The van der Waals surface area contributed by atoms with Crippen molar-refractivity contribution in [1.29, 1.82) is 0 Å². The van der Waals surface area contributed by atoms with Gasteiger partial charge in [0.05, 0.1) is 18.3 Å². The molecule has 0 aliphatic heterocycles. The number of hydrogen-bond donors (Lipinski definition) is 2. The van der Waals surface area contributed by atoms with Crippen LogP contribution in [0.5, 0.6) is 17.2 Å². The molecule has 40 heavy (non-hydrogen) atoms. The summed E-state index contributed by atoms with van der Waals surface area (Å²) in [7, 11) is 1.59. The van der Waals surface area contributed by atoms with E-state index in [0.717, 1.165) is 36.6 Å². The monoisotopic (exact) mass is 544 g/mol. The summed E-state index contributed by atoms with van der Waals surface area (Å²) in [5.41, 5.74) is 3.48. The summed E-state index contributed by atoms with van der Waals surface area (Å²) in [6.07, 6.45) is 7.79. The van der Waals surface area contributed by atoms with Gasteiger partial charge in [-0.25, -0.2) is 9.37 Å². The summed E-state index contributed by atoms with van der Waals surface area (Å²) >= 11 is 0.